The summed E-state index contributed by atoms with van der Waals surface area (Å²) in [7, 11) is 0. The normalized spacial score (nSPS) is 11.6. The van der Waals surface area contributed by atoms with E-state index >= 15 is 0 Å². The Balaban J connectivity index is 1.60. The van der Waals surface area contributed by atoms with Crippen molar-refractivity contribution in [2.75, 3.05) is 0 Å². The van der Waals surface area contributed by atoms with E-state index in [2.05, 4.69) is 97.7 Å². The molecule has 0 bridgehead atoms. The van der Waals surface area contributed by atoms with Crippen molar-refractivity contribution >= 4 is 21.9 Å². The molecule has 0 aliphatic rings. The van der Waals surface area contributed by atoms with Crippen LogP contribution in [0.15, 0.2) is 89.5 Å². The fourth-order valence-corrected chi connectivity index (χ4v) is 3.89. The highest BCUT2D eigenvalue weighted by atomic mass is 16.3. The van der Waals surface area contributed by atoms with Crippen LogP contribution in [0.4, 0.5) is 0 Å². The maximum atomic E-state index is 6.09. The highest BCUT2D eigenvalue weighted by Crippen LogP contribution is 2.33. The maximum Gasteiger partial charge on any atom is 0.135 e. The molecule has 0 N–H and O–H groups in total. The summed E-state index contributed by atoms with van der Waals surface area (Å²) in [6.07, 6.45) is 2.82. The second-order valence-electron chi connectivity index (χ2n) is 7.94. The molecule has 5 aromatic rings. The molecule has 0 radical (unpaired) electrons. The molecule has 0 unspecified atom stereocenters. The molecule has 0 saturated heterocycles. The molecule has 0 saturated carbocycles. The maximum absolute atomic E-state index is 6.09. The second kappa shape index (κ2) is 7.21. The number of nitrogens with zero attached hydrogens (tertiary/aromatic N) is 1. The third-order valence-electron chi connectivity index (χ3n) is 5.53. The van der Waals surface area contributed by atoms with Crippen LogP contribution in [0.1, 0.15) is 36.5 Å². The van der Waals surface area contributed by atoms with Gasteiger partial charge in [-0.1, -0.05) is 50.2 Å². The molecule has 2 aromatic heterocycles. The van der Waals surface area contributed by atoms with Crippen LogP contribution in [0.5, 0.6) is 0 Å². The van der Waals surface area contributed by atoms with Crippen LogP contribution in [0.25, 0.3) is 33.2 Å². The number of benzene rings is 3. The fourth-order valence-electron chi connectivity index (χ4n) is 3.89. The average molecular weight is 377 g/mol. The minimum Gasteiger partial charge on any atom is -0.456 e. The summed E-state index contributed by atoms with van der Waals surface area (Å²) in [5.74, 6) is 0.482. The van der Waals surface area contributed by atoms with Gasteiger partial charge in [0.25, 0.3) is 0 Å². The lowest BCUT2D eigenvalue weighted by Gasteiger charge is -2.07. The van der Waals surface area contributed by atoms with E-state index in [0.717, 1.165) is 39.6 Å². The first-order chi connectivity index (χ1) is 14.2. The molecule has 5 rings (SSSR count). The topological polar surface area (TPSA) is 26.0 Å². The Bertz CT molecular complexity index is 1300. The smallest absolute Gasteiger partial charge is 0.135 e. The first-order valence-electron chi connectivity index (χ1n) is 10.1. The van der Waals surface area contributed by atoms with Crippen molar-refractivity contribution in [1.82, 2.24) is 4.98 Å². The monoisotopic (exact) mass is 377 g/mol. The molecule has 0 aliphatic heterocycles. The van der Waals surface area contributed by atoms with Crippen LogP contribution < -0.4 is 0 Å². The standard InChI is InChI=1S/C27H23NO/c1-18(2)21-12-13-28-25(17-21)22-9-11-27-24(16-22)23-15-20(8-10-26(23)29-27)14-19-6-4-3-5-7-19/h3-13,15-18H,14H2,1-2H3. The van der Waals surface area contributed by atoms with Gasteiger partial charge in [0.1, 0.15) is 11.2 Å². The van der Waals surface area contributed by atoms with Crippen LogP contribution in [0.2, 0.25) is 0 Å². The molecule has 0 aliphatic carbocycles. The van der Waals surface area contributed by atoms with Gasteiger partial charge in [0.2, 0.25) is 0 Å². The summed E-state index contributed by atoms with van der Waals surface area (Å²) in [5.41, 5.74) is 7.88. The summed E-state index contributed by atoms with van der Waals surface area (Å²) < 4.78 is 6.09. The van der Waals surface area contributed by atoms with Crippen molar-refractivity contribution in [3.63, 3.8) is 0 Å². The SMILES string of the molecule is CC(C)c1ccnc(-c2ccc3oc4ccc(Cc5ccccc5)cc4c3c2)c1. The van der Waals surface area contributed by atoms with Gasteiger partial charge >= 0.3 is 0 Å². The predicted octanol–water partition coefficient (Wildman–Crippen LogP) is 7.36. The molecular weight excluding hydrogens is 354 g/mol. The zero-order valence-electron chi connectivity index (χ0n) is 16.7. The molecule has 0 fully saturated rings. The largest absolute Gasteiger partial charge is 0.456 e. The predicted molar refractivity (Wildman–Crippen MR) is 120 cm³/mol. The molecule has 142 valence electrons. The molecule has 3 aromatic carbocycles. The molecule has 2 heterocycles. The number of hydrogen-bond acceptors (Lipinski definition) is 2. The average Bonchev–Trinajstić information content (AvgIpc) is 3.12. The zero-order valence-corrected chi connectivity index (χ0v) is 16.7. The second-order valence-corrected chi connectivity index (χ2v) is 7.94. The highest BCUT2D eigenvalue weighted by molar-refractivity contribution is 6.06. The molecule has 0 spiro atoms. The van der Waals surface area contributed by atoms with Gasteiger partial charge in [0.05, 0.1) is 5.69 Å². The van der Waals surface area contributed by atoms with E-state index in [1.165, 1.54) is 16.7 Å². The summed E-state index contributed by atoms with van der Waals surface area (Å²) >= 11 is 0. The summed E-state index contributed by atoms with van der Waals surface area (Å²) in [4.78, 5) is 4.61. The molecule has 2 nitrogen and oxygen atoms in total. The van der Waals surface area contributed by atoms with Crippen molar-refractivity contribution in [3.05, 3.63) is 102 Å². The first-order valence-corrected chi connectivity index (χ1v) is 10.1. The van der Waals surface area contributed by atoms with Gasteiger partial charge in [-0.05, 0) is 71.5 Å². The van der Waals surface area contributed by atoms with E-state index in [9.17, 15) is 0 Å². The Hall–Kier alpha value is -3.39. The van der Waals surface area contributed by atoms with Crippen molar-refractivity contribution in [3.8, 4) is 11.3 Å². The van der Waals surface area contributed by atoms with Crippen molar-refractivity contribution in [2.24, 2.45) is 0 Å². The molecule has 0 amide bonds. The Morgan fingerprint density at radius 1 is 0.759 bits per heavy atom. The number of furan rings is 1. The lowest BCUT2D eigenvalue weighted by Crippen LogP contribution is -1.90. The number of pyridine rings is 1. The molecule has 2 heteroatoms. The molecule has 29 heavy (non-hydrogen) atoms. The van der Waals surface area contributed by atoms with Crippen LogP contribution in [0.3, 0.4) is 0 Å². The fraction of sp³-hybridized carbons (Fsp3) is 0.148. The quantitative estimate of drug-likeness (QED) is 0.327. The number of rotatable bonds is 4. The summed E-state index contributed by atoms with van der Waals surface area (Å²) in [6, 6.07) is 27.7. The van der Waals surface area contributed by atoms with Gasteiger partial charge in [-0.15, -0.1) is 0 Å². The van der Waals surface area contributed by atoms with Gasteiger partial charge in [-0.3, -0.25) is 4.98 Å². The van der Waals surface area contributed by atoms with Gasteiger partial charge < -0.3 is 4.42 Å². The summed E-state index contributed by atoms with van der Waals surface area (Å²) in [6.45, 7) is 4.42. The van der Waals surface area contributed by atoms with Gasteiger partial charge in [-0.25, -0.2) is 0 Å². The zero-order chi connectivity index (χ0) is 19.8. The van der Waals surface area contributed by atoms with Gasteiger partial charge in [-0.2, -0.15) is 0 Å². The van der Waals surface area contributed by atoms with Crippen molar-refractivity contribution in [1.29, 1.82) is 0 Å². The minimum atomic E-state index is 0.482. The van der Waals surface area contributed by atoms with E-state index in [1.54, 1.807) is 0 Å². The van der Waals surface area contributed by atoms with E-state index < -0.39 is 0 Å². The van der Waals surface area contributed by atoms with Crippen LogP contribution in [0, 0.1) is 0 Å². The van der Waals surface area contributed by atoms with Crippen LogP contribution in [-0.4, -0.2) is 4.98 Å². The minimum absolute atomic E-state index is 0.482. The van der Waals surface area contributed by atoms with Crippen LogP contribution in [-0.2, 0) is 6.42 Å². The lowest BCUT2D eigenvalue weighted by molar-refractivity contribution is 0.669. The van der Waals surface area contributed by atoms with Gasteiger partial charge in [0, 0.05) is 22.5 Å². The number of fused-ring (bicyclic) bond motifs is 3. The first kappa shape index (κ1) is 17.7. The molecule has 0 atom stereocenters. The Morgan fingerprint density at radius 3 is 2.31 bits per heavy atom. The highest BCUT2D eigenvalue weighted by Gasteiger charge is 2.11. The lowest BCUT2D eigenvalue weighted by atomic mass is 9.99. The van der Waals surface area contributed by atoms with E-state index in [4.69, 9.17) is 4.42 Å². The van der Waals surface area contributed by atoms with Crippen molar-refractivity contribution in [2.45, 2.75) is 26.2 Å². The van der Waals surface area contributed by atoms with E-state index in [-0.39, 0.29) is 0 Å². The van der Waals surface area contributed by atoms with E-state index in [0.29, 0.717) is 5.92 Å². The third kappa shape index (κ3) is 3.42. The van der Waals surface area contributed by atoms with Crippen LogP contribution >= 0.6 is 0 Å². The van der Waals surface area contributed by atoms with Crippen molar-refractivity contribution < 1.29 is 4.42 Å². The molecular formula is C27H23NO. The third-order valence-corrected chi connectivity index (χ3v) is 5.53. The number of aromatic nitrogens is 1. The Labute approximate surface area is 170 Å². The van der Waals surface area contributed by atoms with Gasteiger partial charge in [0.15, 0.2) is 0 Å². The Morgan fingerprint density at radius 2 is 1.52 bits per heavy atom. The summed E-state index contributed by atoms with van der Waals surface area (Å²) in [5, 5.41) is 2.31. The van der Waals surface area contributed by atoms with E-state index in [1.807, 2.05) is 6.20 Å². The number of hydrogen-bond donors (Lipinski definition) is 0. The Kier molecular flexibility index (Phi) is 4.40.